The zero-order valence-corrected chi connectivity index (χ0v) is 11.3. The van der Waals surface area contributed by atoms with Gasteiger partial charge >= 0.3 is 0 Å². The molecule has 0 bridgehead atoms. The number of nitrogens with one attached hydrogen (secondary N) is 1. The number of carbonyl (C=O) groups excluding carboxylic acids is 1. The van der Waals surface area contributed by atoms with Crippen LogP contribution in [0.1, 0.15) is 11.1 Å². The Hall–Kier alpha value is -2.42. The maximum absolute atomic E-state index is 12.9. The van der Waals surface area contributed by atoms with Crippen LogP contribution < -0.4 is 5.32 Å². The third kappa shape index (κ3) is 3.54. The van der Waals surface area contributed by atoms with Gasteiger partial charge in [0, 0.05) is 25.2 Å². The molecular formula is C17H16FNO. The van der Waals surface area contributed by atoms with E-state index in [4.69, 9.17) is 0 Å². The van der Waals surface area contributed by atoms with E-state index in [1.165, 1.54) is 12.1 Å². The molecule has 2 aromatic carbocycles. The summed E-state index contributed by atoms with van der Waals surface area (Å²) in [5.74, 6) is -0.299. The van der Waals surface area contributed by atoms with Crippen molar-refractivity contribution < 1.29 is 9.18 Å². The van der Waals surface area contributed by atoms with Gasteiger partial charge in [0.25, 0.3) is 0 Å². The van der Waals surface area contributed by atoms with Crippen LogP contribution in [-0.2, 0) is 11.2 Å². The lowest BCUT2D eigenvalue weighted by molar-refractivity contribution is -0.113. The summed E-state index contributed by atoms with van der Waals surface area (Å²) in [6.45, 7) is 0. The van der Waals surface area contributed by atoms with Gasteiger partial charge in [-0.2, -0.15) is 0 Å². The normalized spacial score (nSPS) is 11.2. The van der Waals surface area contributed by atoms with E-state index in [1.54, 1.807) is 25.4 Å². The van der Waals surface area contributed by atoms with Crippen LogP contribution in [0.4, 0.5) is 4.39 Å². The second kappa shape index (κ2) is 6.66. The lowest BCUT2D eigenvalue weighted by Crippen LogP contribution is -2.09. The average molecular weight is 269 g/mol. The van der Waals surface area contributed by atoms with Gasteiger partial charge in [-0.05, 0) is 23.3 Å². The maximum atomic E-state index is 12.9. The van der Waals surface area contributed by atoms with Crippen molar-refractivity contribution in [3.05, 3.63) is 77.7 Å². The Morgan fingerprint density at radius 1 is 1.10 bits per heavy atom. The minimum absolute atomic E-state index is 0.00263. The van der Waals surface area contributed by atoms with Crippen molar-refractivity contribution >= 4 is 11.4 Å². The first kappa shape index (κ1) is 14.0. The summed E-state index contributed by atoms with van der Waals surface area (Å²) in [5.41, 5.74) is 2.29. The molecule has 0 unspecified atom stereocenters. The van der Waals surface area contributed by atoms with Crippen LogP contribution in [0.25, 0.3) is 5.57 Å². The number of carbonyl (C=O) groups is 1. The molecule has 2 rings (SSSR count). The highest BCUT2D eigenvalue weighted by atomic mass is 19.1. The van der Waals surface area contributed by atoms with Gasteiger partial charge in [-0.15, -0.1) is 0 Å². The third-order valence-corrected chi connectivity index (χ3v) is 2.95. The van der Waals surface area contributed by atoms with E-state index >= 15 is 0 Å². The van der Waals surface area contributed by atoms with Crippen molar-refractivity contribution in [1.82, 2.24) is 5.32 Å². The van der Waals surface area contributed by atoms with Crippen molar-refractivity contribution in [2.45, 2.75) is 6.42 Å². The lowest BCUT2D eigenvalue weighted by Gasteiger charge is -2.07. The second-order valence-corrected chi connectivity index (χ2v) is 4.44. The molecule has 3 heteroatoms. The Morgan fingerprint density at radius 3 is 2.35 bits per heavy atom. The molecule has 0 saturated heterocycles. The van der Waals surface area contributed by atoms with E-state index in [9.17, 15) is 9.18 Å². The number of allylic oxidation sites excluding steroid dienone is 1. The number of hydrogen-bond acceptors (Lipinski definition) is 2. The molecule has 0 atom stereocenters. The van der Waals surface area contributed by atoms with E-state index in [0.717, 1.165) is 11.1 Å². The summed E-state index contributed by atoms with van der Waals surface area (Å²) < 4.78 is 12.9. The smallest absolute Gasteiger partial charge is 0.169 e. The zero-order valence-electron chi connectivity index (χ0n) is 11.3. The molecule has 2 aromatic rings. The fraction of sp³-hybridized carbons (Fsp3) is 0.118. The van der Waals surface area contributed by atoms with E-state index < -0.39 is 0 Å². The van der Waals surface area contributed by atoms with Crippen LogP contribution in [0.2, 0.25) is 0 Å². The number of benzene rings is 2. The summed E-state index contributed by atoms with van der Waals surface area (Å²) in [7, 11) is 1.76. The highest BCUT2D eigenvalue weighted by Crippen LogP contribution is 2.17. The van der Waals surface area contributed by atoms with E-state index in [1.807, 2.05) is 30.3 Å². The summed E-state index contributed by atoms with van der Waals surface area (Å²) >= 11 is 0. The molecule has 20 heavy (non-hydrogen) atoms. The molecule has 0 aliphatic rings. The summed E-state index contributed by atoms with van der Waals surface area (Å²) in [6.07, 6.45) is 1.95. The molecule has 0 radical (unpaired) electrons. The predicted molar refractivity (Wildman–Crippen MR) is 78.6 cm³/mol. The fourth-order valence-electron chi connectivity index (χ4n) is 1.97. The molecule has 0 spiro atoms. The largest absolute Gasteiger partial charge is 0.393 e. The Balaban J connectivity index is 2.20. The number of Topliss-reactive ketones (excluding diaryl/α,β-unsaturated/α-hetero) is 1. The molecule has 0 aromatic heterocycles. The molecule has 2 nitrogen and oxygen atoms in total. The number of halogens is 1. The molecule has 0 amide bonds. The molecule has 0 heterocycles. The van der Waals surface area contributed by atoms with Crippen molar-refractivity contribution in [2.75, 3.05) is 7.05 Å². The minimum atomic E-state index is -0.296. The molecule has 1 N–H and O–H groups in total. The quantitative estimate of drug-likeness (QED) is 0.845. The highest BCUT2D eigenvalue weighted by molar-refractivity contribution is 6.21. The molecule has 0 fully saturated rings. The van der Waals surface area contributed by atoms with Crippen LogP contribution >= 0.6 is 0 Å². The molecule has 0 aliphatic heterocycles. The molecule has 102 valence electrons. The van der Waals surface area contributed by atoms with Crippen LogP contribution in [0, 0.1) is 5.82 Å². The van der Waals surface area contributed by atoms with Crippen LogP contribution in [0.15, 0.2) is 60.8 Å². The Morgan fingerprint density at radius 2 is 1.75 bits per heavy atom. The average Bonchev–Trinajstić information content (AvgIpc) is 2.48. The molecular weight excluding hydrogens is 253 g/mol. The molecule has 0 aliphatic carbocycles. The van der Waals surface area contributed by atoms with Gasteiger partial charge in [0.15, 0.2) is 5.78 Å². The SMILES string of the molecule is CNC=C(C(=O)Cc1ccc(F)cc1)c1ccccc1. The standard InChI is InChI=1S/C17H16FNO/c1-19-12-16(14-5-3-2-4-6-14)17(20)11-13-7-9-15(18)10-8-13/h2-10,12,19H,11H2,1H3. The van der Waals surface area contributed by atoms with Gasteiger partial charge < -0.3 is 5.32 Å². The van der Waals surface area contributed by atoms with Gasteiger partial charge in [-0.1, -0.05) is 42.5 Å². The number of rotatable bonds is 5. The number of hydrogen-bond donors (Lipinski definition) is 1. The number of ketones is 1. The van der Waals surface area contributed by atoms with Crippen molar-refractivity contribution in [3.63, 3.8) is 0 Å². The third-order valence-electron chi connectivity index (χ3n) is 2.95. The van der Waals surface area contributed by atoms with E-state index in [0.29, 0.717) is 5.57 Å². The van der Waals surface area contributed by atoms with Gasteiger partial charge in [0.2, 0.25) is 0 Å². The van der Waals surface area contributed by atoms with Gasteiger partial charge in [0.05, 0.1) is 0 Å². The first-order chi connectivity index (χ1) is 9.70. The van der Waals surface area contributed by atoms with E-state index in [-0.39, 0.29) is 18.0 Å². The Labute approximate surface area is 118 Å². The summed E-state index contributed by atoms with van der Waals surface area (Å²) in [5, 5.41) is 2.90. The van der Waals surface area contributed by atoms with Crippen molar-refractivity contribution in [3.8, 4) is 0 Å². The summed E-state index contributed by atoms with van der Waals surface area (Å²) in [6, 6.07) is 15.5. The van der Waals surface area contributed by atoms with Gasteiger partial charge in [-0.3, -0.25) is 4.79 Å². The Kier molecular flexibility index (Phi) is 4.66. The van der Waals surface area contributed by atoms with Crippen LogP contribution in [-0.4, -0.2) is 12.8 Å². The minimum Gasteiger partial charge on any atom is -0.393 e. The van der Waals surface area contributed by atoms with Gasteiger partial charge in [-0.25, -0.2) is 4.39 Å². The van der Waals surface area contributed by atoms with Crippen LogP contribution in [0.3, 0.4) is 0 Å². The highest BCUT2D eigenvalue weighted by Gasteiger charge is 2.12. The van der Waals surface area contributed by atoms with Crippen molar-refractivity contribution in [1.29, 1.82) is 0 Å². The topological polar surface area (TPSA) is 29.1 Å². The first-order valence-corrected chi connectivity index (χ1v) is 6.41. The fourth-order valence-corrected chi connectivity index (χ4v) is 1.97. The van der Waals surface area contributed by atoms with Gasteiger partial charge in [0.1, 0.15) is 5.82 Å². The summed E-state index contributed by atoms with van der Waals surface area (Å²) in [4.78, 5) is 12.4. The first-order valence-electron chi connectivity index (χ1n) is 6.41. The lowest BCUT2D eigenvalue weighted by atomic mass is 9.98. The monoisotopic (exact) mass is 269 g/mol. The predicted octanol–water partition coefficient (Wildman–Crippen LogP) is 3.20. The van der Waals surface area contributed by atoms with Crippen LogP contribution in [0.5, 0.6) is 0 Å². The maximum Gasteiger partial charge on any atom is 0.169 e. The Bertz CT molecular complexity index is 603. The van der Waals surface area contributed by atoms with Crippen molar-refractivity contribution in [2.24, 2.45) is 0 Å². The second-order valence-electron chi connectivity index (χ2n) is 4.44. The van der Waals surface area contributed by atoms with E-state index in [2.05, 4.69) is 5.32 Å². The molecule has 0 saturated carbocycles. The zero-order chi connectivity index (χ0) is 14.4.